The van der Waals surface area contributed by atoms with E-state index in [9.17, 15) is 24.5 Å². The minimum absolute atomic E-state index is 0.0927. The van der Waals surface area contributed by atoms with Gasteiger partial charge in [0, 0.05) is 29.5 Å². The number of carbonyl (C=O) groups is 3. The molecule has 0 unspecified atom stereocenters. The molecule has 0 bridgehead atoms. The third kappa shape index (κ3) is 4.94. The molecule has 26 heavy (non-hydrogen) atoms. The molecule has 1 aromatic carbocycles. The Morgan fingerprint density at radius 1 is 1.46 bits per heavy atom. The normalized spacial score (nSPS) is 19.4. The van der Waals surface area contributed by atoms with Gasteiger partial charge in [0.2, 0.25) is 11.8 Å². The number of nitrogens with one attached hydrogen (secondary N) is 2. The van der Waals surface area contributed by atoms with Gasteiger partial charge in [-0.15, -0.1) is 11.8 Å². The zero-order valence-electron chi connectivity index (χ0n) is 14.3. The number of nitro groups is 1. The molecule has 1 aromatic rings. The molecule has 2 N–H and O–H groups in total. The van der Waals surface area contributed by atoms with Crippen LogP contribution in [0.15, 0.2) is 18.2 Å². The predicted molar refractivity (Wildman–Crippen MR) is 95.9 cm³/mol. The lowest BCUT2D eigenvalue weighted by Gasteiger charge is -2.27. The standard InChI is InChI=1S/C16H19N3O6S/c1-3-25-16(22)11-8-26-13(15(21)18-11)7-14(20)17-10-5-4-9(2)12(6-10)19(23)24/h4-6,11,13H,3,7-8H2,1-2H3,(H,17,20)(H,18,21)/t11-,13-/m1/s1. The van der Waals surface area contributed by atoms with E-state index in [2.05, 4.69) is 10.6 Å². The first-order valence-corrected chi connectivity index (χ1v) is 9.00. The van der Waals surface area contributed by atoms with Gasteiger partial charge in [0.25, 0.3) is 5.69 Å². The second-order valence-electron chi connectivity index (χ2n) is 5.65. The number of aryl methyl sites for hydroxylation is 1. The number of hydrogen-bond acceptors (Lipinski definition) is 7. The maximum atomic E-state index is 12.1. The van der Waals surface area contributed by atoms with Crippen molar-refractivity contribution < 1.29 is 24.0 Å². The third-order valence-electron chi connectivity index (χ3n) is 3.70. The number of thioether (sulfide) groups is 1. The van der Waals surface area contributed by atoms with Crippen LogP contribution < -0.4 is 10.6 Å². The molecule has 2 atom stereocenters. The molecule has 9 nitrogen and oxygen atoms in total. The first kappa shape index (κ1) is 19.7. The van der Waals surface area contributed by atoms with Crippen LogP contribution in [0.2, 0.25) is 0 Å². The van der Waals surface area contributed by atoms with Crippen LogP contribution in [0.25, 0.3) is 0 Å². The van der Waals surface area contributed by atoms with Crippen LogP contribution in [0.1, 0.15) is 18.9 Å². The van der Waals surface area contributed by atoms with Gasteiger partial charge in [0.05, 0.1) is 16.8 Å². The quantitative estimate of drug-likeness (QED) is 0.433. The molecule has 0 radical (unpaired) electrons. The van der Waals surface area contributed by atoms with Crippen LogP contribution in [0.4, 0.5) is 11.4 Å². The zero-order valence-corrected chi connectivity index (χ0v) is 15.1. The molecule has 0 aliphatic carbocycles. The summed E-state index contributed by atoms with van der Waals surface area (Å²) in [6, 6.07) is 3.66. The van der Waals surface area contributed by atoms with Crippen molar-refractivity contribution >= 4 is 40.9 Å². The molecule has 1 aliphatic rings. The highest BCUT2D eigenvalue weighted by molar-refractivity contribution is 8.00. The number of anilines is 1. The fraction of sp³-hybridized carbons (Fsp3) is 0.438. The van der Waals surface area contributed by atoms with E-state index in [0.717, 1.165) is 0 Å². The van der Waals surface area contributed by atoms with E-state index in [-0.39, 0.29) is 24.4 Å². The molecule has 2 amide bonds. The van der Waals surface area contributed by atoms with E-state index in [1.807, 2.05) is 0 Å². The second kappa shape index (κ2) is 8.65. The van der Waals surface area contributed by atoms with Gasteiger partial charge in [0.15, 0.2) is 0 Å². The maximum absolute atomic E-state index is 12.1. The number of carbonyl (C=O) groups excluding carboxylic acids is 3. The van der Waals surface area contributed by atoms with Gasteiger partial charge < -0.3 is 15.4 Å². The van der Waals surface area contributed by atoms with Crippen molar-refractivity contribution in [2.24, 2.45) is 0 Å². The Bertz CT molecular complexity index is 739. The fourth-order valence-corrected chi connectivity index (χ4v) is 3.51. The molecule has 140 valence electrons. The van der Waals surface area contributed by atoms with Gasteiger partial charge in [-0.3, -0.25) is 19.7 Å². The molecule has 1 saturated heterocycles. The Hall–Kier alpha value is -2.62. The van der Waals surface area contributed by atoms with E-state index < -0.39 is 34.0 Å². The Morgan fingerprint density at radius 3 is 2.81 bits per heavy atom. The van der Waals surface area contributed by atoms with Crippen molar-refractivity contribution in [2.75, 3.05) is 17.7 Å². The SMILES string of the molecule is CCOC(=O)[C@H]1CS[C@H](CC(=O)Nc2ccc(C)c([N+](=O)[O-])c2)C(=O)N1. The minimum atomic E-state index is -0.716. The Morgan fingerprint density at radius 2 is 2.19 bits per heavy atom. The second-order valence-corrected chi connectivity index (χ2v) is 6.88. The summed E-state index contributed by atoms with van der Waals surface area (Å²) in [5.74, 6) is -1.03. The van der Waals surface area contributed by atoms with Gasteiger partial charge in [-0.1, -0.05) is 6.07 Å². The number of esters is 1. The van der Waals surface area contributed by atoms with Crippen LogP contribution in [0, 0.1) is 17.0 Å². The van der Waals surface area contributed by atoms with E-state index >= 15 is 0 Å². The number of amides is 2. The molecule has 0 spiro atoms. The first-order valence-electron chi connectivity index (χ1n) is 7.95. The van der Waals surface area contributed by atoms with E-state index in [1.54, 1.807) is 26.0 Å². The lowest BCUT2D eigenvalue weighted by molar-refractivity contribution is -0.385. The maximum Gasteiger partial charge on any atom is 0.329 e. The van der Waals surface area contributed by atoms with Crippen LogP contribution in [-0.4, -0.2) is 46.4 Å². The van der Waals surface area contributed by atoms with Crippen LogP contribution in [0.5, 0.6) is 0 Å². The number of hydrogen-bond donors (Lipinski definition) is 2. The topological polar surface area (TPSA) is 128 Å². The third-order valence-corrected chi connectivity index (χ3v) is 5.01. The summed E-state index contributed by atoms with van der Waals surface area (Å²) in [6.07, 6.45) is -0.103. The number of rotatable bonds is 6. The molecular weight excluding hydrogens is 362 g/mol. The summed E-state index contributed by atoms with van der Waals surface area (Å²) < 4.78 is 4.86. The highest BCUT2D eigenvalue weighted by atomic mass is 32.2. The Balaban J connectivity index is 1.93. The van der Waals surface area contributed by atoms with E-state index in [1.165, 1.54) is 17.8 Å². The molecule has 1 aliphatic heterocycles. The highest BCUT2D eigenvalue weighted by Crippen LogP contribution is 2.24. The summed E-state index contributed by atoms with van der Waals surface area (Å²) in [4.78, 5) is 46.3. The van der Waals surface area contributed by atoms with Gasteiger partial charge in [-0.25, -0.2) is 4.79 Å². The Kier molecular flexibility index (Phi) is 6.56. The Labute approximate surface area is 154 Å². The molecule has 10 heteroatoms. The van der Waals surface area contributed by atoms with Crippen LogP contribution >= 0.6 is 11.8 Å². The summed E-state index contributed by atoms with van der Waals surface area (Å²) in [5.41, 5.74) is 0.683. The first-order chi connectivity index (χ1) is 12.3. The summed E-state index contributed by atoms with van der Waals surface area (Å²) in [7, 11) is 0. The summed E-state index contributed by atoms with van der Waals surface area (Å²) >= 11 is 1.20. The fourth-order valence-electron chi connectivity index (χ4n) is 2.38. The van der Waals surface area contributed by atoms with Crippen LogP contribution in [-0.2, 0) is 19.1 Å². The van der Waals surface area contributed by atoms with Crippen molar-refractivity contribution in [2.45, 2.75) is 31.6 Å². The summed E-state index contributed by atoms with van der Waals surface area (Å²) in [6.45, 7) is 3.51. The molecule has 1 fully saturated rings. The van der Waals surface area contributed by atoms with Gasteiger partial charge in [-0.2, -0.15) is 0 Å². The zero-order chi connectivity index (χ0) is 19.3. The monoisotopic (exact) mass is 381 g/mol. The molecule has 2 rings (SSSR count). The predicted octanol–water partition coefficient (Wildman–Crippen LogP) is 1.40. The van der Waals surface area contributed by atoms with Crippen molar-refractivity contribution in [3.05, 3.63) is 33.9 Å². The van der Waals surface area contributed by atoms with Crippen molar-refractivity contribution in [1.82, 2.24) is 5.32 Å². The van der Waals surface area contributed by atoms with Crippen molar-refractivity contribution in [3.8, 4) is 0 Å². The number of benzene rings is 1. The van der Waals surface area contributed by atoms with E-state index in [0.29, 0.717) is 11.3 Å². The van der Waals surface area contributed by atoms with Gasteiger partial charge in [0.1, 0.15) is 6.04 Å². The van der Waals surface area contributed by atoms with Crippen molar-refractivity contribution in [3.63, 3.8) is 0 Å². The summed E-state index contributed by atoms with van der Waals surface area (Å²) in [5, 5.41) is 15.4. The number of nitro benzene ring substituents is 1. The smallest absolute Gasteiger partial charge is 0.329 e. The van der Waals surface area contributed by atoms with Crippen LogP contribution in [0.3, 0.4) is 0 Å². The molecule has 1 heterocycles. The van der Waals surface area contributed by atoms with Gasteiger partial charge >= 0.3 is 5.97 Å². The van der Waals surface area contributed by atoms with Gasteiger partial charge in [-0.05, 0) is 19.9 Å². The number of ether oxygens (including phenoxy) is 1. The van der Waals surface area contributed by atoms with Crippen molar-refractivity contribution in [1.29, 1.82) is 0 Å². The largest absolute Gasteiger partial charge is 0.464 e. The highest BCUT2D eigenvalue weighted by Gasteiger charge is 2.34. The molecule has 0 saturated carbocycles. The average Bonchev–Trinajstić information content (AvgIpc) is 2.58. The average molecular weight is 381 g/mol. The lowest BCUT2D eigenvalue weighted by atomic mass is 10.1. The molecule has 0 aromatic heterocycles. The minimum Gasteiger partial charge on any atom is -0.464 e. The number of nitrogens with zero attached hydrogens (tertiary/aromatic N) is 1. The molecular formula is C16H19N3O6S. The van der Waals surface area contributed by atoms with E-state index in [4.69, 9.17) is 4.74 Å². The lowest BCUT2D eigenvalue weighted by Crippen LogP contribution is -2.51.